The Morgan fingerprint density at radius 1 is 1.24 bits per heavy atom. The standard InChI is InChI=1S/C16H20Cl2N2O/c1-3-20-15(16(18)11(2)19-20)9-12(10-21)8-13-6-4-5-7-14(13)17/h4-7,12,21H,3,8-10H2,1-2H3. The van der Waals surface area contributed by atoms with E-state index in [0.717, 1.165) is 34.9 Å². The van der Waals surface area contributed by atoms with Gasteiger partial charge < -0.3 is 5.11 Å². The van der Waals surface area contributed by atoms with Crippen LogP contribution >= 0.6 is 23.2 Å². The second-order valence-electron chi connectivity index (χ2n) is 5.21. The lowest BCUT2D eigenvalue weighted by Gasteiger charge is -2.16. The van der Waals surface area contributed by atoms with Crippen LogP contribution in [0.2, 0.25) is 10.0 Å². The maximum absolute atomic E-state index is 9.69. The molecular formula is C16H20Cl2N2O. The summed E-state index contributed by atoms with van der Waals surface area (Å²) in [5.74, 6) is 0.0730. The summed E-state index contributed by atoms with van der Waals surface area (Å²) in [4.78, 5) is 0. The molecule has 0 aliphatic rings. The molecule has 5 heteroatoms. The first kappa shape index (κ1) is 16.3. The summed E-state index contributed by atoms with van der Waals surface area (Å²) in [5.41, 5.74) is 2.87. The van der Waals surface area contributed by atoms with Crippen molar-refractivity contribution in [2.45, 2.75) is 33.2 Å². The normalized spacial score (nSPS) is 12.6. The van der Waals surface area contributed by atoms with Gasteiger partial charge in [-0.2, -0.15) is 5.10 Å². The molecule has 3 nitrogen and oxygen atoms in total. The van der Waals surface area contributed by atoms with Gasteiger partial charge in [0, 0.05) is 18.2 Å². The molecule has 0 aliphatic carbocycles. The molecular weight excluding hydrogens is 307 g/mol. The fourth-order valence-electron chi connectivity index (χ4n) is 2.51. The van der Waals surface area contributed by atoms with Crippen LogP contribution in [0.3, 0.4) is 0 Å². The van der Waals surface area contributed by atoms with Crippen LogP contribution in [-0.2, 0) is 19.4 Å². The van der Waals surface area contributed by atoms with E-state index in [1.54, 1.807) is 0 Å². The van der Waals surface area contributed by atoms with Gasteiger partial charge in [-0.1, -0.05) is 41.4 Å². The minimum atomic E-state index is 0.0730. The molecule has 0 saturated heterocycles. The quantitative estimate of drug-likeness (QED) is 0.873. The zero-order valence-electron chi connectivity index (χ0n) is 12.3. The van der Waals surface area contributed by atoms with Gasteiger partial charge >= 0.3 is 0 Å². The fourth-order valence-corrected chi connectivity index (χ4v) is 2.94. The van der Waals surface area contributed by atoms with Crippen molar-refractivity contribution in [1.29, 1.82) is 0 Å². The van der Waals surface area contributed by atoms with Crippen molar-refractivity contribution >= 4 is 23.2 Å². The second-order valence-corrected chi connectivity index (χ2v) is 6.00. The van der Waals surface area contributed by atoms with Gasteiger partial charge in [0.1, 0.15) is 0 Å². The highest BCUT2D eigenvalue weighted by molar-refractivity contribution is 6.32. The lowest BCUT2D eigenvalue weighted by molar-refractivity contribution is 0.223. The summed E-state index contributed by atoms with van der Waals surface area (Å²) in [7, 11) is 0. The summed E-state index contributed by atoms with van der Waals surface area (Å²) in [5, 5.41) is 15.5. The Kier molecular flexibility index (Phi) is 5.68. The molecule has 2 rings (SSSR count). The van der Waals surface area contributed by atoms with Gasteiger partial charge in [0.05, 0.1) is 16.4 Å². The van der Waals surface area contributed by atoms with Crippen LogP contribution in [0.1, 0.15) is 23.9 Å². The Morgan fingerprint density at radius 2 is 1.95 bits per heavy atom. The Balaban J connectivity index is 2.18. The maximum Gasteiger partial charge on any atom is 0.0847 e. The molecule has 0 bridgehead atoms. The van der Waals surface area contributed by atoms with Crippen LogP contribution in [0, 0.1) is 12.8 Å². The minimum absolute atomic E-state index is 0.0730. The van der Waals surface area contributed by atoms with Crippen molar-refractivity contribution in [2.75, 3.05) is 6.61 Å². The smallest absolute Gasteiger partial charge is 0.0847 e. The van der Waals surface area contributed by atoms with Crippen LogP contribution in [0.15, 0.2) is 24.3 Å². The molecule has 0 fully saturated rings. The fraction of sp³-hybridized carbons (Fsp3) is 0.438. The maximum atomic E-state index is 9.69. The highest BCUT2D eigenvalue weighted by atomic mass is 35.5. The van der Waals surface area contributed by atoms with Crippen LogP contribution in [-0.4, -0.2) is 21.5 Å². The van der Waals surface area contributed by atoms with Gasteiger partial charge in [0.25, 0.3) is 0 Å². The van der Waals surface area contributed by atoms with Crippen molar-refractivity contribution in [2.24, 2.45) is 5.92 Å². The van der Waals surface area contributed by atoms with Crippen LogP contribution in [0.4, 0.5) is 0 Å². The lowest BCUT2D eigenvalue weighted by Crippen LogP contribution is -2.16. The average Bonchev–Trinajstić information content (AvgIpc) is 2.76. The Labute approximate surface area is 135 Å². The molecule has 0 saturated carbocycles. The third-order valence-electron chi connectivity index (χ3n) is 3.66. The molecule has 1 unspecified atom stereocenters. The first-order valence-corrected chi connectivity index (χ1v) is 7.88. The predicted molar refractivity (Wildman–Crippen MR) is 87.1 cm³/mol. The third kappa shape index (κ3) is 3.79. The highest BCUT2D eigenvalue weighted by Crippen LogP contribution is 2.26. The van der Waals surface area contributed by atoms with E-state index in [1.165, 1.54) is 0 Å². The van der Waals surface area contributed by atoms with Crippen molar-refractivity contribution < 1.29 is 5.11 Å². The Morgan fingerprint density at radius 3 is 2.57 bits per heavy atom. The number of aliphatic hydroxyl groups is 1. The van der Waals surface area contributed by atoms with Gasteiger partial charge in [0.2, 0.25) is 0 Å². The Bertz CT molecular complexity index is 610. The average molecular weight is 327 g/mol. The van der Waals surface area contributed by atoms with E-state index in [4.69, 9.17) is 23.2 Å². The molecule has 1 aromatic carbocycles. The number of rotatable bonds is 6. The molecule has 1 atom stereocenters. The molecule has 0 spiro atoms. The zero-order chi connectivity index (χ0) is 15.4. The van der Waals surface area contributed by atoms with E-state index >= 15 is 0 Å². The number of hydrogen-bond donors (Lipinski definition) is 1. The molecule has 0 aliphatic heterocycles. The zero-order valence-corrected chi connectivity index (χ0v) is 13.8. The number of aliphatic hydroxyl groups excluding tert-OH is 1. The van der Waals surface area contributed by atoms with Crippen LogP contribution in [0.25, 0.3) is 0 Å². The van der Waals surface area contributed by atoms with E-state index in [9.17, 15) is 5.11 Å². The summed E-state index contributed by atoms with van der Waals surface area (Å²) >= 11 is 12.5. The molecule has 0 amide bonds. The molecule has 2 aromatic rings. The second kappa shape index (κ2) is 7.30. The molecule has 0 radical (unpaired) electrons. The number of aryl methyl sites for hydroxylation is 2. The van der Waals surface area contributed by atoms with E-state index < -0.39 is 0 Å². The molecule has 1 aromatic heterocycles. The van der Waals surface area contributed by atoms with Crippen LogP contribution < -0.4 is 0 Å². The van der Waals surface area contributed by atoms with Crippen molar-refractivity contribution in [3.8, 4) is 0 Å². The number of halogens is 2. The number of nitrogens with zero attached hydrogens (tertiary/aromatic N) is 2. The minimum Gasteiger partial charge on any atom is -0.396 e. The number of hydrogen-bond acceptors (Lipinski definition) is 2. The van der Waals surface area contributed by atoms with E-state index in [-0.39, 0.29) is 12.5 Å². The SMILES string of the molecule is CCn1nc(C)c(Cl)c1CC(CO)Cc1ccccc1Cl. The highest BCUT2D eigenvalue weighted by Gasteiger charge is 2.18. The predicted octanol–water partition coefficient (Wildman–Crippen LogP) is 3.91. The molecule has 114 valence electrons. The van der Waals surface area contributed by atoms with Crippen molar-refractivity contribution in [3.05, 3.63) is 51.3 Å². The first-order chi connectivity index (χ1) is 10.1. The van der Waals surface area contributed by atoms with Gasteiger partial charge in [-0.15, -0.1) is 0 Å². The van der Waals surface area contributed by atoms with Gasteiger partial charge in [0.15, 0.2) is 0 Å². The molecule has 1 heterocycles. The van der Waals surface area contributed by atoms with E-state index in [1.807, 2.05) is 42.8 Å². The van der Waals surface area contributed by atoms with Gasteiger partial charge in [-0.05, 0) is 44.2 Å². The van der Waals surface area contributed by atoms with E-state index in [2.05, 4.69) is 5.10 Å². The van der Waals surface area contributed by atoms with Crippen molar-refractivity contribution in [3.63, 3.8) is 0 Å². The molecule has 1 N–H and O–H groups in total. The lowest BCUT2D eigenvalue weighted by atomic mass is 9.95. The summed E-state index contributed by atoms with van der Waals surface area (Å²) in [6.07, 6.45) is 1.41. The number of benzene rings is 1. The van der Waals surface area contributed by atoms with E-state index in [0.29, 0.717) is 11.4 Å². The van der Waals surface area contributed by atoms with Gasteiger partial charge in [-0.3, -0.25) is 4.68 Å². The Hall–Kier alpha value is -1.03. The van der Waals surface area contributed by atoms with Crippen LogP contribution in [0.5, 0.6) is 0 Å². The largest absolute Gasteiger partial charge is 0.396 e. The first-order valence-electron chi connectivity index (χ1n) is 7.12. The monoisotopic (exact) mass is 326 g/mol. The summed E-state index contributed by atoms with van der Waals surface area (Å²) < 4.78 is 1.91. The summed E-state index contributed by atoms with van der Waals surface area (Å²) in [6.45, 7) is 4.80. The summed E-state index contributed by atoms with van der Waals surface area (Å²) in [6, 6.07) is 7.74. The topological polar surface area (TPSA) is 38.0 Å². The van der Waals surface area contributed by atoms with Gasteiger partial charge in [-0.25, -0.2) is 0 Å². The third-order valence-corrected chi connectivity index (χ3v) is 4.52. The number of aromatic nitrogens is 2. The van der Waals surface area contributed by atoms with Crippen molar-refractivity contribution in [1.82, 2.24) is 9.78 Å². The molecule has 21 heavy (non-hydrogen) atoms.